The molecule has 0 unspecified atom stereocenters. The monoisotopic (exact) mass is 482 g/mol. The van der Waals surface area contributed by atoms with Gasteiger partial charge in [0.2, 0.25) is 0 Å². The van der Waals surface area contributed by atoms with Crippen molar-refractivity contribution in [1.29, 1.82) is 0 Å². The van der Waals surface area contributed by atoms with Gasteiger partial charge in [-0.25, -0.2) is 12.8 Å². The Kier molecular flexibility index (Phi) is 7.54. The van der Waals surface area contributed by atoms with Crippen LogP contribution in [-0.4, -0.2) is 46.6 Å². The van der Waals surface area contributed by atoms with Crippen LogP contribution < -0.4 is 9.04 Å². The van der Waals surface area contributed by atoms with Gasteiger partial charge in [0.05, 0.1) is 17.7 Å². The molecule has 1 fully saturated rings. The highest BCUT2D eigenvalue weighted by Gasteiger charge is 2.31. The lowest BCUT2D eigenvalue weighted by atomic mass is 9.96. The van der Waals surface area contributed by atoms with Crippen LogP contribution in [0, 0.1) is 11.7 Å². The summed E-state index contributed by atoms with van der Waals surface area (Å²) < 4.78 is 49.0. The number of rotatable bonds is 8. The van der Waals surface area contributed by atoms with Crippen LogP contribution in [0.2, 0.25) is 0 Å². The molecule has 1 aliphatic heterocycles. The highest BCUT2D eigenvalue weighted by molar-refractivity contribution is 7.92. The third-order valence-corrected chi connectivity index (χ3v) is 8.31. The van der Waals surface area contributed by atoms with Gasteiger partial charge in [-0.3, -0.25) is 4.31 Å². The van der Waals surface area contributed by atoms with Crippen LogP contribution in [0.1, 0.15) is 19.8 Å². The lowest BCUT2D eigenvalue weighted by Crippen LogP contribution is -2.41. The number of ether oxygens (including phenoxy) is 1. The molecule has 0 bridgehead atoms. The highest BCUT2D eigenvalue weighted by Crippen LogP contribution is 2.38. The number of nitrogens with zero attached hydrogens (tertiary/aromatic N) is 2. The highest BCUT2D eigenvalue weighted by atomic mass is 32.2. The SMILES string of the molecule is CCN1CCC(CN(c2ccc(OC)cc2-c2cccc(F)c2)S(=O)(=O)c2ccccc2)CC1. The quantitative estimate of drug-likeness (QED) is 0.430. The van der Waals surface area contributed by atoms with Gasteiger partial charge in [-0.15, -0.1) is 0 Å². The summed E-state index contributed by atoms with van der Waals surface area (Å²) >= 11 is 0. The molecule has 3 aromatic carbocycles. The van der Waals surface area contributed by atoms with Crippen LogP contribution >= 0.6 is 0 Å². The third-order valence-electron chi connectivity index (χ3n) is 6.52. The maximum absolute atomic E-state index is 14.1. The molecule has 0 aliphatic carbocycles. The van der Waals surface area contributed by atoms with Crippen molar-refractivity contribution in [3.63, 3.8) is 0 Å². The number of halogens is 1. The van der Waals surface area contributed by atoms with Crippen LogP contribution in [0.15, 0.2) is 77.7 Å². The van der Waals surface area contributed by atoms with Gasteiger partial charge in [0.15, 0.2) is 0 Å². The molecular formula is C27H31FN2O3S. The number of anilines is 1. The van der Waals surface area contributed by atoms with Gasteiger partial charge in [0, 0.05) is 12.1 Å². The Balaban J connectivity index is 1.82. The van der Waals surface area contributed by atoms with E-state index in [2.05, 4.69) is 11.8 Å². The van der Waals surface area contributed by atoms with E-state index in [4.69, 9.17) is 4.74 Å². The molecule has 1 aliphatic rings. The minimum Gasteiger partial charge on any atom is -0.497 e. The minimum atomic E-state index is -3.85. The third kappa shape index (κ3) is 5.26. The summed E-state index contributed by atoms with van der Waals surface area (Å²) in [7, 11) is -2.29. The molecule has 0 spiro atoms. The number of benzene rings is 3. The number of sulfonamides is 1. The molecule has 34 heavy (non-hydrogen) atoms. The molecule has 1 saturated heterocycles. The van der Waals surface area contributed by atoms with Crippen molar-refractivity contribution < 1.29 is 17.5 Å². The molecule has 7 heteroatoms. The van der Waals surface area contributed by atoms with Crippen molar-refractivity contribution in [1.82, 2.24) is 4.90 Å². The molecule has 0 atom stereocenters. The van der Waals surface area contributed by atoms with Gasteiger partial charge in [-0.2, -0.15) is 0 Å². The summed E-state index contributed by atoms with van der Waals surface area (Å²) in [5.74, 6) is 0.427. The zero-order chi connectivity index (χ0) is 24.1. The van der Waals surface area contributed by atoms with E-state index in [0.29, 0.717) is 29.1 Å². The molecule has 0 aromatic heterocycles. The summed E-state index contributed by atoms with van der Waals surface area (Å²) in [6.45, 7) is 5.43. The van der Waals surface area contributed by atoms with Gasteiger partial charge in [0.25, 0.3) is 10.0 Å². The molecule has 0 saturated carbocycles. The van der Waals surface area contributed by atoms with Crippen molar-refractivity contribution in [2.24, 2.45) is 5.92 Å². The molecule has 5 nitrogen and oxygen atoms in total. The van der Waals surface area contributed by atoms with E-state index < -0.39 is 10.0 Å². The lowest BCUT2D eigenvalue weighted by molar-refractivity contribution is 0.196. The lowest BCUT2D eigenvalue weighted by Gasteiger charge is -2.35. The number of methoxy groups -OCH3 is 1. The Morgan fingerprint density at radius 2 is 1.74 bits per heavy atom. The smallest absolute Gasteiger partial charge is 0.264 e. The summed E-state index contributed by atoms with van der Waals surface area (Å²) in [6.07, 6.45) is 1.86. The maximum atomic E-state index is 14.1. The predicted octanol–water partition coefficient (Wildman–Crippen LogP) is 5.43. The van der Waals surface area contributed by atoms with E-state index in [9.17, 15) is 12.8 Å². The summed E-state index contributed by atoms with van der Waals surface area (Å²) in [5.41, 5.74) is 1.74. The molecule has 0 N–H and O–H groups in total. The van der Waals surface area contributed by atoms with Gasteiger partial charge < -0.3 is 9.64 Å². The van der Waals surface area contributed by atoms with Crippen LogP contribution in [0.3, 0.4) is 0 Å². The van der Waals surface area contributed by atoms with Crippen LogP contribution in [0.5, 0.6) is 5.75 Å². The fraction of sp³-hybridized carbons (Fsp3) is 0.333. The van der Waals surface area contributed by atoms with E-state index in [-0.39, 0.29) is 16.6 Å². The Labute approximate surface area is 201 Å². The first kappa shape index (κ1) is 24.2. The first-order valence-corrected chi connectivity index (χ1v) is 13.1. The molecule has 4 rings (SSSR count). The van der Waals surface area contributed by atoms with E-state index in [1.54, 1.807) is 67.8 Å². The van der Waals surface area contributed by atoms with Crippen molar-refractivity contribution in [3.05, 3.63) is 78.6 Å². The average Bonchev–Trinajstić information content (AvgIpc) is 2.88. The average molecular weight is 483 g/mol. The summed E-state index contributed by atoms with van der Waals surface area (Å²) in [5, 5.41) is 0. The largest absolute Gasteiger partial charge is 0.497 e. The zero-order valence-electron chi connectivity index (χ0n) is 19.7. The van der Waals surface area contributed by atoms with Crippen molar-refractivity contribution in [3.8, 4) is 16.9 Å². The van der Waals surface area contributed by atoms with Crippen molar-refractivity contribution >= 4 is 15.7 Å². The van der Waals surface area contributed by atoms with Gasteiger partial charge in [0.1, 0.15) is 11.6 Å². The Morgan fingerprint density at radius 3 is 2.38 bits per heavy atom. The van der Waals surface area contributed by atoms with E-state index in [1.165, 1.54) is 16.4 Å². The van der Waals surface area contributed by atoms with Crippen molar-refractivity contribution in [2.45, 2.75) is 24.7 Å². The Bertz CT molecular complexity index is 1210. The van der Waals surface area contributed by atoms with Gasteiger partial charge in [-0.1, -0.05) is 37.3 Å². The second kappa shape index (κ2) is 10.6. The Morgan fingerprint density at radius 1 is 1.00 bits per heavy atom. The van der Waals surface area contributed by atoms with Gasteiger partial charge >= 0.3 is 0 Å². The number of hydrogen-bond donors (Lipinski definition) is 0. The predicted molar refractivity (Wildman–Crippen MR) is 134 cm³/mol. The first-order valence-electron chi connectivity index (χ1n) is 11.7. The van der Waals surface area contributed by atoms with E-state index in [1.807, 2.05) is 0 Å². The second-order valence-electron chi connectivity index (χ2n) is 8.62. The van der Waals surface area contributed by atoms with E-state index >= 15 is 0 Å². The number of hydrogen-bond acceptors (Lipinski definition) is 4. The minimum absolute atomic E-state index is 0.226. The van der Waals surface area contributed by atoms with Crippen molar-refractivity contribution in [2.75, 3.05) is 37.6 Å². The standard InChI is InChI=1S/C27H31FN2O3S/c1-3-29-16-14-21(15-17-29)20-30(34(31,32)25-10-5-4-6-11-25)27-13-12-24(33-2)19-26(27)22-8-7-9-23(28)18-22/h4-13,18-19,21H,3,14-17,20H2,1-2H3. The normalized spacial score (nSPS) is 15.3. The fourth-order valence-electron chi connectivity index (χ4n) is 4.51. The van der Waals surface area contributed by atoms with Crippen LogP contribution in [0.4, 0.5) is 10.1 Å². The maximum Gasteiger partial charge on any atom is 0.264 e. The molecule has 180 valence electrons. The topological polar surface area (TPSA) is 49.9 Å². The van der Waals surface area contributed by atoms with E-state index in [0.717, 1.165) is 32.5 Å². The van der Waals surface area contributed by atoms with Crippen LogP contribution in [0.25, 0.3) is 11.1 Å². The molecule has 1 heterocycles. The summed E-state index contributed by atoms with van der Waals surface area (Å²) in [6, 6.07) is 20.0. The first-order chi connectivity index (χ1) is 16.4. The molecule has 0 radical (unpaired) electrons. The number of piperidine rings is 1. The zero-order valence-corrected chi connectivity index (χ0v) is 20.5. The molecule has 0 amide bonds. The fourth-order valence-corrected chi connectivity index (χ4v) is 6.09. The second-order valence-corrected chi connectivity index (χ2v) is 10.5. The summed E-state index contributed by atoms with van der Waals surface area (Å²) in [4.78, 5) is 2.62. The van der Waals surface area contributed by atoms with Crippen LogP contribution in [-0.2, 0) is 10.0 Å². The molecular weight excluding hydrogens is 451 g/mol. The number of likely N-dealkylation sites (tertiary alicyclic amines) is 1. The Hall–Kier alpha value is -2.90. The molecule has 3 aromatic rings. The van der Waals surface area contributed by atoms with Gasteiger partial charge in [-0.05, 0) is 86.4 Å².